The van der Waals surface area contributed by atoms with E-state index in [2.05, 4.69) is 5.32 Å². The van der Waals surface area contributed by atoms with Crippen molar-refractivity contribution in [2.45, 2.75) is 13.0 Å². The van der Waals surface area contributed by atoms with E-state index in [4.69, 9.17) is 21.4 Å². The molecule has 1 unspecified atom stereocenters. The number of aliphatic hydroxyl groups excluding tert-OH is 2. The number of hydrogen-bond acceptors (Lipinski definition) is 4. The molecule has 5 heteroatoms. The van der Waals surface area contributed by atoms with E-state index in [1.165, 1.54) is 0 Å². The van der Waals surface area contributed by atoms with Crippen LogP contribution in [0.2, 0.25) is 5.02 Å². The largest absolute Gasteiger partial charge is 0.495 e. The Morgan fingerprint density at radius 3 is 2.75 bits per heavy atom. The maximum Gasteiger partial charge on any atom is 0.142 e. The molecule has 0 saturated carbocycles. The first-order chi connectivity index (χ1) is 7.58. The quantitative estimate of drug-likeness (QED) is 0.734. The molecular formula is C11H16ClNO3. The van der Waals surface area contributed by atoms with E-state index in [0.29, 0.717) is 16.5 Å². The normalized spacial score (nSPS) is 12.3. The summed E-state index contributed by atoms with van der Waals surface area (Å²) in [5.74, 6) is 0.659. The molecule has 0 aliphatic rings. The average Bonchev–Trinajstić information content (AvgIpc) is 2.29. The lowest BCUT2D eigenvalue weighted by Crippen LogP contribution is -2.23. The molecule has 0 heterocycles. The molecular weight excluding hydrogens is 230 g/mol. The van der Waals surface area contributed by atoms with Crippen molar-refractivity contribution in [3.8, 4) is 5.75 Å². The van der Waals surface area contributed by atoms with E-state index in [0.717, 1.165) is 5.56 Å². The number of methoxy groups -OCH3 is 1. The number of hydrogen-bond donors (Lipinski definition) is 3. The molecule has 1 aromatic carbocycles. The maximum absolute atomic E-state index is 9.22. The lowest BCUT2D eigenvalue weighted by Gasteiger charge is -2.14. The van der Waals surface area contributed by atoms with Gasteiger partial charge in [-0.3, -0.25) is 0 Å². The van der Waals surface area contributed by atoms with Gasteiger partial charge in [-0.05, 0) is 24.6 Å². The van der Waals surface area contributed by atoms with Gasteiger partial charge in [0, 0.05) is 11.6 Å². The van der Waals surface area contributed by atoms with Crippen LogP contribution in [0.15, 0.2) is 12.1 Å². The van der Waals surface area contributed by atoms with Crippen molar-refractivity contribution in [3.63, 3.8) is 0 Å². The third-order valence-electron chi connectivity index (χ3n) is 2.22. The van der Waals surface area contributed by atoms with Gasteiger partial charge < -0.3 is 20.3 Å². The SMILES string of the molecule is COc1cc(C)c(Cl)cc1NCC(O)CO. The number of aliphatic hydroxyl groups is 2. The Kier molecular flexibility index (Phi) is 4.86. The monoisotopic (exact) mass is 245 g/mol. The van der Waals surface area contributed by atoms with Crippen molar-refractivity contribution in [2.75, 3.05) is 25.6 Å². The highest BCUT2D eigenvalue weighted by molar-refractivity contribution is 6.31. The molecule has 1 rings (SSSR count). The molecule has 90 valence electrons. The van der Waals surface area contributed by atoms with Crippen molar-refractivity contribution in [3.05, 3.63) is 22.7 Å². The summed E-state index contributed by atoms with van der Waals surface area (Å²) in [6.07, 6.45) is -0.801. The van der Waals surface area contributed by atoms with Gasteiger partial charge in [-0.25, -0.2) is 0 Å². The molecule has 0 aliphatic heterocycles. The lowest BCUT2D eigenvalue weighted by atomic mass is 10.2. The third kappa shape index (κ3) is 3.27. The molecule has 0 aromatic heterocycles. The molecule has 3 N–H and O–H groups in total. The highest BCUT2D eigenvalue weighted by Crippen LogP contribution is 2.30. The standard InChI is InChI=1S/C11H16ClNO3/c1-7-3-11(16-2)10(4-9(7)12)13-5-8(15)6-14/h3-4,8,13-15H,5-6H2,1-2H3. The number of aryl methyl sites for hydroxylation is 1. The summed E-state index contributed by atoms with van der Waals surface area (Å²) in [6, 6.07) is 3.55. The molecule has 0 amide bonds. The van der Waals surface area contributed by atoms with Crippen LogP contribution in [0.3, 0.4) is 0 Å². The van der Waals surface area contributed by atoms with Gasteiger partial charge in [-0.15, -0.1) is 0 Å². The Morgan fingerprint density at radius 1 is 1.50 bits per heavy atom. The van der Waals surface area contributed by atoms with E-state index in [1.807, 2.05) is 13.0 Å². The average molecular weight is 246 g/mol. The first-order valence-corrected chi connectivity index (χ1v) is 5.33. The molecule has 0 bridgehead atoms. The molecule has 1 atom stereocenters. The fraction of sp³-hybridized carbons (Fsp3) is 0.455. The fourth-order valence-electron chi connectivity index (χ4n) is 1.25. The van der Waals surface area contributed by atoms with E-state index < -0.39 is 6.10 Å². The maximum atomic E-state index is 9.22. The zero-order valence-electron chi connectivity index (χ0n) is 9.33. The minimum absolute atomic E-state index is 0.242. The molecule has 0 saturated heterocycles. The number of halogens is 1. The highest BCUT2D eigenvalue weighted by Gasteiger charge is 2.08. The predicted molar refractivity (Wildman–Crippen MR) is 64.3 cm³/mol. The van der Waals surface area contributed by atoms with Gasteiger partial charge in [-0.1, -0.05) is 11.6 Å². The number of anilines is 1. The summed E-state index contributed by atoms with van der Waals surface area (Å²) in [6.45, 7) is 1.85. The third-order valence-corrected chi connectivity index (χ3v) is 2.63. The topological polar surface area (TPSA) is 61.7 Å². The second kappa shape index (κ2) is 5.94. The van der Waals surface area contributed by atoms with Crippen LogP contribution < -0.4 is 10.1 Å². The Balaban J connectivity index is 2.81. The van der Waals surface area contributed by atoms with E-state index >= 15 is 0 Å². The van der Waals surface area contributed by atoms with Crippen LogP contribution >= 0.6 is 11.6 Å². The van der Waals surface area contributed by atoms with Gasteiger partial charge in [0.25, 0.3) is 0 Å². The molecule has 0 spiro atoms. The van der Waals surface area contributed by atoms with Crippen LogP contribution in [0.1, 0.15) is 5.56 Å². The fourth-order valence-corrected chi connectivity index (χ4v) is 1.42. The van der Waals surface area contributed by atoms with Crippen LogP contribution in [0.4, 0.5) is 5.69 Å². The Hall–Kier alpha value is -0.970. The minimum Gasteiger partial charge on any atom is -0.495 e. The first-order valence-electron chi connectivity index (χ1n) is 4.95. The molecule has 16 heavy (non-hydrogen) atoms. The van der Waals surface area contributed by atoms with Crippen molar-refractivity contribution in [1.82, 2.24) is 0 Å². The Bertz CT molecular complexity index is 357. The minimum atomic E-state index is -0.801. The summed E-state index contributed by atoms with van der Waals surface area (Å²) in [5, 5.41) is 21.5. The molecule has 0 fully saturated rings. The second-order valence-electron chi connectivity index (χ2n) is 3.52. The Morgan fingerprint density at radius 2 is 2.19 bits per heavy atom. The van der Waals surface area contributed by atoms with E-state index in [-0.39, 0.29) is 13.2 Å². The summed E-state index contributed by atoms with van der Waals surface area (Å²) in [5.41, 5.74) is 1.62. The molecule has 1 aromatic rings. The van der Waals surface area contributed by atoms with Crippen LogP contribution in [0, 0.1) is 6.92 Å². The van der Waals surface area contributed by atoms with E-state index in [9.17, 15) is 5.11 Å². The van der Waals surface area contributed by atoms with Gasteiger partial charge in [-0.2, -0.15) is 0 Å². The van der Waals surface area contributed by atoms with Crippen LogP contribution in [0.25, 0.3) is 0 Å². The molecule has 4 nitrogen and oxygen atoms in total. The van der Waals surface area contributed by atoms with Gasteiger partial charge in [0.15, 0.2) is 0 Å². The lowest BCUT2D eigenvalue weighted by molar-refractivity contribution is 0.105. The summed E-state index contributed by atoms with van der Waals surface area (Å²) in [4.78, 5) is 0. The number of benzene rings is 1. The summed E-state index contributed by atoms with van der Waals surface area (Å²) < 4.78 is 5.18. The van der Waals surface area contributed by atoms with Crippen LogP contribution in [-0.4, -0.2) is 36.6 Å². The van der Waals surface area contributed by atoms with Crippen molar-refractivity contribution in [1.29, 1.82) is 0 Å². The van der Waals surface area contributed by atoms with Crippen LogP contribution in [-0.2, 0) is 0 Å². The van der Waals surface area contributed by atoms with Crippen molar-refractivity contribution < 1.29 is 14.9 Å². The molecule has 0 aliphatic carbocycles. The number of rotatable bonds is 5. The van der Waals surface area contributed by atoms with Gasteiger partial charge in [0.1, 0.15) is 5.75 Å². The van der Waals surface area contributed by atoms with Crippen molar-refractivity contribution in [2.24, 2.45) is 0 Å². The zero-order valence-corrected chi connectivity index (χ0v) is 10.1. The van der Waals surface area contributed by atoms with Gasteiger partial charge >= 0.3 is 0 Å². The first kappa shape index (κ1) is 13.1. The van der Waals surface area contributed by atoms with Gasteiger partial charge in [0.2, 0.25) is 0 Å². The van der Waals surface area contributed by atoms with Gasteiger partial charge in [0.05, 0.1) is 25.5 Å². The smallest absolute Gasteiger partial charge is 0.142 e. The summed E-state index contributed by atoms with van der Waals surface area (Å²) >= 11 is 5.98. The number of nitrogens with one attached hydrogen (secondary N) is 1. The zero-order chi connectivity index (χ0) is 12.1. The predicted octanol–water partition coefficient (Wildman–Crippen LogP) is 1.42. The summed E-state index contributed by atoms with van der Waals surface area (Å²) in [7, 11) is 1.57. The highest BCUT2D eigenvalue weighted by atomic mass is 35.5. The second-order valence-corrected chi connectivity index (χ2v) is 3.93. The number of ether oxygens (including phenoxy) is 1. The van der Waals surface area contributed by atoms with E-state index in [1.54, 1.807) is 13.2 Å². The van der Waals surface area contributed by atoms with Crippen molar-refractivity contribution >= 4 is 17.3 Å². The molecule has 0 radical (unpaired) electrons. The van der Waals surface area contributed by atoms with Crippen LogP contribution in [0.5, 0.6) is 5.75 Å². The Labute approximate surface area is 99.8 Å².